The SMILES string of the molecule is c1ccc(-c2cccc(N3c4ccc(-c5ccccc5)cc4C4c5cc(-c6ccccc6)ccc5N(c5cccc(-c6ccccc6)c5)c5cc(-c6ccccc6)cc3c54)c2)cc1. The second kappa shape index (κ2) is 15.4. The zero-order valence-electron chi connectivity index (χ0n) is 34.6. The molecule has 63 heavy (non-hydrogen) atoms. The van der Waals surface area contributed by atoms with Crippen molar-refractivity contribution in [2.24, 2.45) is 0 Å². The van der Waals surface area contributed by atoms with E-state index in [0.29, 0.717) is 0 Å². The van der Waals surface area contributed by atoms with Crippen LogP contribution in [0.1, 0.15) is 22.6 Å². The van der Waals surface area contributed by atoms with Gasteiger partial charge in [-0.15, -0.1) is 0 Å². The number of fused-ring (bicyclic) bond motifs is 4. The molecule has 2 heteroatoms. The lowest BCUT2D eigenvalue weighted by Gasteiger charge is -2.45. The highest BCUT2D eigenvalue weighted by atomic mass is 15.2. The Morgan fingerprint density at radius 3 is 0.905 bits per heavy atom. The third kappa shape index (κ3) is 6.43. The number of anilines is 6. The van der Waals surface area contributed by atoms with Crippen LogP contribution in [0.5, 0.6) is 0 Å². The molecule has 10 aromatic rings. The van der Waals surface area contributed by atoms with Gasteiger partial charge in [-0.25, -0.2) is 0 Å². The van der Waals surface area contributed by atoms with E-state index < -0.39 is 0 Å². The maximum absolute atomic E-state index is 2.53. The van der Waals surface area contributed by atoms with Crippen LogP contribution in [0, 0.1) is 0 Å². The molecule has 0 N–H and O–H groups in total. The highest BCUT2D eigenvalue weighted by Gasteiger charge is 2.42. The lowest BCUT2D eigenvalue weighted by atomic mass is 9.74. The van der Waals surface area contributed by atoms with Gasteiger partial charge in [-0.3, -0.25) is 0 Å². The molecule has 0 saturated heterocycles. The number of nitrogens with zero attached hydrogens (tertiary/aromatic N) is 2. The van der Waals surface area contributed by atoms with Gasteiger partial charge in [-0.05, 0) is 127 Å². The highest BCUT2D eigenvalue weighted by molar-refractivity contribution is 6.00. The van der Waals surface area contributed by atoms with E-state index in [1.165, 1.54) is 95.1 Å². The topological polar surface area (TPSA) is 6.48 Å². The van der Waals surface area contributed by atoms with Crippen LogP contribution < -0.4 is 9.80 Å². The molecule has 0 aliphatic carbocycles. The van der Waals surface area contributed by atoms with Crippen molar-refractivity contribution in [2.45, 2.75) is 5.92 Å². The molecule has 2 aliphatic heterocycles. The first-order valence-electron chi connectivity index (χ1n) is 21.8. The third-order valence-electron chi connectivity index (χ3n) is 12.8. The van der Waals surface area contributed by atoms with Gasteiger partial charge in [0.05, 0.1) is 22.7 Å². The van der Waals surface area contributed by atoms with E-state index in [1.54, 1.807) is 0 Å². The van der Waals surface area contributed by atoms with Crippen molar-refractivity contribution < 1.29 is 0 Å². The van der Waals surface area contributed by atoms with Gasteiger partial charge in [0.1, 0.15) is 0 Å². The summed E-state index contributed by atoms with van der Waals surface area (Å²) in [4.78, 5) is 5.06. The first-order valence-corrected chi connectivity index (χ1v) is 21.8. The number of rotatable bonds is 7. The molecule has 0 saturated carbocycles. The average molecular weight is 803 g/mol. The van der Waals surface area contributed by atoms with Gasteiger partial charge in [0.15, 0.2) is 0 Å². The zero-order chi connectivity index (χ0) is 41.7. The van der Waals surface area contributed by atoms with Crippen molar-refractivity contribution in [1.29, 1.82) is 0 Å². The van der Waals surface area contributed by atoms with Crippen molar-refractivity contribution in [3.05, 3.63) is 265 Å². The Kier molecular flexibility index (Phi) is 8.93. The molecule has 0 amide bonds. The number of hydrogen-bond donors (Lipinski definition) is 0. The van der Waals surface area contributed by atoms with Crippen molar-refractivity contribution in [3.8, 4) is 55.6 Å². The Balaban J connectivity index is 1.19. The fourth-order valence-corrected chi connectivity index (χ4v) is 9.89. The minimum Gasteiger partial charge on any atom is -0.310 e. The van der Waals surface area contributed by atoms with Gasteiger partial charge >= 0.3 is 0 Å². The molecule has 2 aliphatic rings. The summed E-state index contributed by atoms with van der Waals surface area (Å²) in [5.41, 5.74) is 22.8. The molecule has 10 aromatic carbocycles. The zero-order valence-corrected chi connectivity index (χ0v) is 34.6. The average Bonchev–Trinajstić information content (AvgIpc) is 3.37. The smallest absolute Gasteiger partial charge is 0.0530 e. The molecule has 2 heterocycles. The summed E-state index contributed by atoms with van der Waals surface area (Å²) in [6.07, 6.45) is 0. The largest absolute Gasteiger partial charge is 0.310 e. The molecule has 0 radical (unpaired) electrons. The van der Waals surface area contributed by atoms with Crippen molar-refractivity contribution >= 4 is 34.1 Å². The Hall–Kier alpha value is -8.20. The van der Waals surface area contributed by atoms with E-state index in [-0.39, 0.29) is 5.92 Å². The quantitative estimate of drug-likeness (QED) is 0.158. The molecule has 0 fully saturated rings. The molecular formula is C61H42N2. The number of benzene rings is 10. The fraction of sp³-hybridized carbons (Fsp3) is 0.0164. The van der Waals surface area contributed by atoms with Crippen LogP contribution in [0.15, 0.2) is 249 Å². The van der Waals surface area contributed by atoms with Crippen LogP contribution in [0.4, 0.5) is 34.1 Å². The summed E-state index contributed by atoms with van der Waals surface area (Å²) in [7, 11) is 0. The predicted octanol–water partition coefficient (Wildman–Crippen LogP) is 16.8. The van der Waals surface area contributed by atoms with Gasteiger partial charge < -0.3 is 9.80 Å². The van der Waals surface area contributed by atoms with E-state index >= 15 is 0 Å². The summed E-state index contributed by atoms with van der Waals surface area (Å²) in [5, 5.41) is 0. The molecule has 0 atom stereocenters. The molecule has 296 valence electrons. The van der Waals surface area contributed by atoms with E-state index in [2.05, 4.69) is 259 Å². The minimum atomic E-state index is -0.0562. The molecular weight excluding hydrogens is 761 g/mol. The first-order chi connectivity index (χ1) is 31.2. The number of hydrogen-bond acceptors (Lipinski definition) is 2. The molecule has 12 rings (SSSR count). The Morgan fingerprint density at radius 2 is 0.540 bits per heavy atom. The third-order valence-corrected chi connectivity index (χ3v) is 12.8. The molecule has 0 unspecified atom stereocenters. The lowest BCUT2D eigenvalue weighted by molar-refractivity contribution is 0.910. The molecule has 0 aromatic heterocycles. The summed E-state index contributed by atoms with van der Waals surface area (Å²) in [6, 6.07) is 91.2. The van der Waals surface area contributed by atoms with E-state index in [9.17, 15) is 0 Å². The first kappa shape index (κ1) is 36.6. The van der Waals surface area contributed by atoms with Crippen LogP contribution in [0.3, 0.4) is 0 Å². The minimum absolute atomic E-state index is 0.0562. The second-order valence-corrected chi connectivity index (χ2v) is 16.5. The normalized spacial score (nSPS) is 12.6. The summed E-state index contributed by atoms with van der Waals surface area (Å²) in [6.45, 7) is 0. The van der Waals surface area contributed by atoms with E-state index in [4.69, 9.17) is 0 Å². The van der Waals surface area contributed by atoms with E-state index in [0.717, 1.165) is 11.4 Å². The molecule has 0 bridgehead atoms. The van der Waals surface area contributed by atoms with Crippen LogP contribution >= 0.6 is 0 Å². The summed E-state index contributed by atoms with van der Waals surface area (Å²) < 4.78 is 0. The monoisotopic (exact) mass is 802 g/mol. The summed E-state index contributed by atoms with van der Waals surface area (Å²) in [5.74, 6) is -0.0562. The summed E-state index contributed by atoms with van der Waals surface area (Å²) >= 11 is 0. The van der Waals surface area contributed by atoms with Crippen molar-refractivity contribution in [3.63, 3.8) is 0 Å². The van der Waals surface area contributed by atoms with Crippen molar-refractivity contribution in [1.82, 2.24) is 0 Å². The Morgan fingerprint density at radius 1 is 0.222 bits per heavy atom. The van der Waals surface area contributed by atoms with Gasteiger partial charge in [-0.2, -0.15) is 0 Å². The van der Waals surface area contributed by atoms with Gasteiger partial charge in [0, 0.05) is 22.9 Å². The predicted molar refractivity (Wildman–Crippen MR) is 264 cm³/mol. The van der Waals surface area contributed by atoms with Crippen LogP contribution in [0.2, 0.25) is 0 Å². The van der Waals surface area contributed by atoms with Crippen LogP contribution in [-0.4, -0.2) is 0 Å². The standard InChI is InChI=1S/C61H42N2/c1-6-18-42(19-7-1)47-28-16-30-52(36-47)62-56-34-32-49(44-22-10-3-11-23-44)38-54(56)60-55-39-50(45-24-12-4-13-25-45)33-35-57(55)63(53-31-17-29-48(37-53)43-20-8-2-9-21-43)59-41-51(40-58(62)61(59)60)46-26-14-5-15-27-46/h1-41,60H. The Labute approximate surface area is 369 Å². The second-order valence-electron chi connectivity index (χ2n) is 16.5. The van der Waals surface area contributed by atoms with Crippen LogP contribution in [0.25, 0.3) is 55.6 Å². The fourth-order valence-electron chi connectivity index (χ4n) is 9.89. The maximum atomic E-state index is 2.53. The van der Waals surface area contributed by atoms with E-state index in [1.807, 2.05) is 0 Å². The maximum Gasteiger partial charge on any atom is 0.0530 e. The molecule has 0 spiro atoms. The Bertz CT molecular complexity index is 3070. The van der Waals surface area contributed by atoms with Gasteiger partial charge in [-0.1, -0.05) is 188 Å². The van der Waals surface area contributed by atoms with Gasteiger partial charge in [0.2, 0.25) is 0 Å². The van der Waals surface area contributed by atoms with Crippen LogP contribution in [-0.2, 0) is 0 Å². The van der Waals surface area contributed by atoms with Gasteiger partial charge in [0.25, 0.3) is 0 Å². The highest BCUT2D eigenvalue weighted by Crippen LogP contribution is 2.62. The lowest BCUT2D eigenvalue weighted by Crippen LogP contribution is -2.29. The van der Waals surface area contributed by atoms with Crippen molar-refractivity contribution in [2.75, 3.05) is 9.80 Å². The molecule has 2 nitrogen and oxygen atoms in total.